The van der Waals surface area contributed by atoms with Crippen molar-refractivity contribution in [2.24, 2.45) is 0 Å². The third-order valence-electron chi connectivity index (χ3n) is 4.85. The van der Waals surface area contributed by atoms with E-state index in [1.165, 1.54) is 25.7 Å². The van der Waals surface area contributed by atoms with Crippen LogP contribution in [0.3, 0.4) is 0 Å². The molecule has 4 nitrogen and oxygen atoms in total. The maximum absolute atomic E-state index is 12.3. The second-order valence-electron chi connectivity index (χ2n) is 6.54. The summed E-state index contributed by atoms with van der Waals surface area (Å²) in [6.45, 7) is 4.33. The molecule has 1 aliphatic heterocycles. The minimum atomic E-state index is -0.200. The van der Waals surface area contributed by atoms with Crippen molar-refractivity contribution in [2.75, 3.05) is 0 Å². The molecular formula is C17H27N3O. The van der Waals surface area contributed by atoms with Gasteiger partial charge in [0.2, 0.25) is 0 Å². The molecule has 0 radical (unpaired) electrons. The van der Waals surface area contributed by atoms with Gasteiger partial charge in [-0.05, 0) is 46.0 Å². The van der Waals surface area contributed by atoms with E-state index >= 15 is 0 Å². The second kappa shape index (κ2) is 7.49. The summed E-state index contributed by atoms with van der Waals surface area (Å²) in [6, 6.07) is 3.14. The third-order valence-corrected chi connectivity index (χ3v) is 4.85. The fourth-order valence-corrected chi connectivity index (χ4v) is 3.49. The van der Waals surface area contributed by atoms with Gasteiger partial charge in [-0.2, -0.15) is 5.26 Å². The summed E-state index contributed by atoms with van der Waals surface area (Å²) in [5.74, 6) is -0.200. The molecule has 2 unspecified atom stereocenters. The van der Waals surface area contributed by atoms with Gasteiger partial charge in [0.1, 0.15) is 11.6 Å². The first-order valence-corrected chi connectivity index (χ1v) is 8.32. The van der Waals surface area contributed by atoms with E-state index in [2.05, 4.69) is 30.1 Å². The number of nitrogens with one attached hydrogen (secondary N) is 1. The molecule has 0 spiro atoms. The highest BCUT2D eigenvalue weighted by atomic mass is 16.1. The lowest BCUT2D eigenvalue weighted by Gasteiger charge is -2.38. The van der Waals surface area contributed by atoms with Crippen molar-refractivity contribution in [1.82, 2.24) is 10.2 Å². The second-order valence-corrected chi connectivity index (χ2v) is 6.54. The molecule has 116 valence electrons. The minimum absolute atomic E-state index is 0.200. The van der Waals surface area contributed by atoms with E-state index in [0.29, 0.717) is 12.1 Å². The Morgan fingerprint density at radius 3 is 2.29 bits per heavy atom. The molecule has 2 fully saturated rings. The Balaban J connectivity index is 2.01. The van der Waals surface area contributed by atoms with Crippen molar-refractivity contribution in [1.29, 1.82) is 5.26 Å². The molecule has 0 aromatic heterocycles. The Morgan fingerprint density at radius 2 is 1.71 bits per heavy atom. The minimum Gasteiger partial charge on any atom is -0.371 e. The van der Waals surface area contributed by atoms with Crippen molar-refractivity contribution in [3.8, 4) is 6.07 Å². The average molecular weight is 289 g/mol. The van der Waals surface area contributed by atoms with E-state index in [9.17, 15) is 10.1 Å². The molecule has 2 atom stereocenters. The Hall–Kier alpha value is -1.50. The number of rotatable bonds is 3. The van der Waals surface area contributed by atoms with Crippen molar-refractivity contribution in [2.45, 2.75) is 83.3 Å². The summed E-state index contributed by atoms with van der Waals surface area (Å²) < 4.78 is 0. The first-order valence-electron chi connectivity index (χ1n) is 8.32. The summed E-state index contributed by atoms with van der Waals surface area (Å²) in [5, 5.41) is 12.4. The van der Waals surface area contributed by atoms with Crippen LogP contribution in [-0.2, 0) is 4.79 Å². The van der Waals surface area contributed by atoms with Gasteiger partial charge in [-0.25, -0.2) is 0 Å². The topological polar surface area (TPSA) is 56.1 Å². The molecule has 1 aliphatic carbocycles. The summed E-state index contributed by atoms with van der Waals surface area (Å²) in [5.41, 5.74) is 0.251. The summed E-state index contributed by atoms with van der Waals surface area (Å²) >= 11 is 0. The fraction of sp³-hybridized carbons (Fsp3) is 0.765. The molecule has 1 N–H and O–H groups in total. The number of carbonyl (C=O) groups excluding carboxylic acids is 1. The Bertz CT molecular complexity index is 422. The molecule has 1 saturated carbocycles. The Labute approximate surface area is 128 Å². The molecule has 4 heteroatoms. The van der Waals surface area contributed by atoms with E-state index < -0.39 is 0 Å². The average Bonchev–Trinajstić information content (AvgIpc) is 2.48. The lowest BCUT2D eigenvalue weighted by Crippen LogP contribution is -2.41. The summed E-state index contributed by atoms with van der Waals surface area (Å²) in [6.07, 6.45) is 11.0. The van der Waals surface area contributed by atoms with Crippen LogP contribution in [0.5, 0.6) is 0 Å². The van der Waals surface area contributed by atoms with Crippen molar-refractivity contribution in [3.63, 3.8) is 0 Å². The first-order chi connectivity index (χ1) is 10.1. The van der Waals surface area contributed by atoms with E-state index in [0.717, 1.165) is 25.7 Å². The van der Waals surface area contributed by atoms with Crippen LogP contribution in [-0.4, -0.2) is 28.9 Å². The highest BCUT2D eigenvalue weighted by Gasteiger charge is 2.24. The molecule has 2 rings (SSSR count). The number of carbonyl (C=O) groups is 1. The fourth-order valence-electron chi connectivity index (χ4n) is 3.49. The molecule has 1 amide bonds. The number of nitriles is 1. The largest absolute Gasteiger partial charge is 0.371 e. The predicted octanol–water partition coefficient (Wildman–Crippen LogP) is 3.11. The zero-order valence-electron chi connectivity index (χ0n) is 13.3. The maximum Gasteiger partial charge on any atom is 0.263 e. The first kappa shape index (κ1) is 15.9. The lowest BCUT2D eigenvalue weighted by atomic mass is 9.95. The van der Waals surface area contributed by atoms with Crippen LogP contribution in [0.15, 0.2) is 11.8 Å². The lowest BCUT2D eigenvalue weighted by molar-refractivity contribution is -0.118. The summed E-state index contributed by atoms with van der Waals surface area (Å²) in [4.78, 5) is 14.5. The number of nitrogens with zero attached hydrogens (tertiary/aromatic N) is 2. The number of hydrogen-bond donors (Lipinski definition) is 1. The maximum atomic E-state index is 12.3. The number of amides is 1. The van der Waals surface area contributed by atoms with Gasteiger partial charge in [0, 0.05) is 24.3 Å². The van der Waals surface area contributed by atoms with Gasteiger partial charge >= 0.3 is 0 Å². The van der Waals surface area contributed by atoms with Crippen LogP contribution < -0.4 is 5.32 Å². The van der Waals surface area contributed by atoms with Gasteiger partial charge in [0.25, 0.3) is 5.91 Å². The number of piperidine rings is 1. The Kier molecular flexibility index (Phi) is 5.67. The van der Waals surface area contributed by atoms with Crippen molar-refractivity contribution >= 4 is 5.91 Å². The zero-order chi connectivity index (χ0) is 15.2. The molecular weight excluding hydrogens is 262 g/mol. The van der Waals surface area contributed by atoms with E-state index in [-0.39, 0.29) is 17.5 Å². The molecule has 0 aromatic carbocycles. The van der Waals surface area contributed by atoms with Gasteiger partial charge < -0.3 is 10.2 Å². The zero-order valence-corrected chi connectivity index (χ0v) is 13.3. The van der Waals surface area contributed by atoms with Crippen LogP contribution in [0.2, 0.25) is 0 Å². The van der Waals surface area contributed by atoms with Crippen LogP contribution in [0.25, 0.3) is 0 Å². The third kappa shape index (κ3) is 4.23. The highest BCUT2D eigenvalue weighted by Crippen LogP contribution is 2.23. The molecule has 1 saturated heterocycles. The number of hydrogen-bond acceptors (Lipinski definition) is 3. The Morgan fingerprint density at radius 1 is 1.10 bits per heavy atom. The van der Waals surface area contributed by atoms with Gasteiger partial charge in [0.05, 0.1) is 0 Å². The van der Waals surface area contributed by atoms with Crippen LogP contribution in [0.1, 0.15) is 65.2 Å². The predicted molar refractivity (Wildman–Crippen MR) is 83.3 cm³/mol. The SMILES string of the molecule is CC1CCCC(C)N1/C=C(/C#N)C(=O)NC1CCCCC1. The van der Waals surface area contributed by atoms with Crippen molar-refractivity contribution < 1.29 is 4.79 Å². The van der Waals surface area contributed by atoms with E-state index in [1.807, 2.05) is 0 Å². The van der Waals surface area contributed by atoms with E-state index in [4.69, 9.17) is 0 Å². The van der Waals surface area contributed by atoms with E-state index in [1.54, 1.807) is 6.20 Å². The van der Waals surface area contributed by atoms with Crippen LogP contribution in [0, 0.1) is 11.3 Å². The molecule has 21 heavy (non-hydrogen) atoms. The van der Waals surface area contributed by atoms with Crippen molar-refractivity contribution in [3.05, 3.63) is 11.8 Å². The quantitative estimate of drug-likeness (QED) is 0.641. The smallest absolute Gasteiger partial charge is 0.263 e. The molecule has 2 aliphatic rings. The van der Waals surface area contributed by atoms with Crippen LogP contribution >= 0.6 is 0 Å². The monoisotopic (exact) mass is 289 g/mol. The highest BCUT2D eigenvalue weighted by molar-refractivity contribution is 5.97. The van der Waals surface area contributed by atoms with Gasteiger partial charge in [-0.15, -0.1) is 0 Å². The van der Waals surface area contributed by atoms with Gasteiger partial charge in [0.15, 0.2) is 0 Å². The molecule has 0 bridgehead atoms. The van der Waals surface area contributed by atoms with Gasteiger partial charge in [-0.3, -0.25) is 4.79 Å². The van der Waals surface area contributed by atoms with Gasteiger partial charge in [-0.1, -0.05) is 19.3 Å². The standard InChI is InChI=1S/C17H27N3O/c1-13-7-6-8-14(2)20(13)12-15(11-18)17(21)19-16-9-4-3-5-10-16/h12-14,16H,3-10H2,1-2H3,(H,19,21)/b15-12-. The van der Waals surface area contributed by atoms with Crippen LogP contribution in [0.4, 0.5) is 0 Å². The molecule has 0 aromatic rings. The molecule has 1 heterocycles. The number of likely N-dealkylation sites (tertiary alicyclic amines) is 1. The summed E-state index contributed by atoms with van der Waals surface area (Å²) in [7, 11) is 0. The normalized spacial score (nSPS) is 28.0.